The first-order valence-corrected chi connectivity index (χ1v) is 9.27. The molecule has 0 saturated heterocycles. The summed E-state index contributed by atoms with van der Waals surface area (Å²) in [5.41, 5.74) is 5.80. The highest BCUT2D eigenvalue weighted by Gasteiger charge is 2.30. The Morgan fingerprint density at radius 2 is 1.96 bits per heavy atom. The van der Waals surface area contributed by atoms with Crippen molar-refractivity contribution in [1.82, 2.24) is 10.6 Å². The number of ketones is 1. The number of aliphatic carboxylic acids is 2. The Morgan fingerprint density at radius 1 is 1.30 bits per heavy atom. The van der Waals surface area contributed by atoms with Gasteiger partial charge in [0.05, 0.1) is 0 Å². The van der Waals surface area contributed by atoms with E-state index in [1.807, 2.05) is 0 Å². The van der Waals surface area contributed by atoms with Crippen molar-refractivity contribution in [3.63, 3.8) is 0 Å². The Balaban J connectivity index is 2.63. The van der Waals surface area contributed by atoms with Crippen LogP contribution in [0.4, 0.5) is 0 Å². The summed E-state index contributed by atoms with van der Waals surface area (Å²) in [6.45, 7) is 3.12. The van der Waals surface area contributed by atoms with Crippen LogP contribution in [0.15, 0.2) is 12.2 Å². The largest absolute Gasteiger partial charge is 0.480 e. The van der Waals surface area contributed by atoms with E-state index in [-0.39, 0.29) is 29.6 Å². The van der Waals surface area contributed by atoms with Crippen molar-refractivity contribution in [1.29, 1.82) is 0 Å². The average molecular weight is 401 g/mol. The minimum atomic E-state index is -1.24. The summed E-state index contributed by atoms with van der Waals surface area (Å²) in [5.74, 6) is -3.66. The lowest BCUT2D eigenvalue weighted by Crippen LogP contribution is -2.49. The van der Waals surface area contributed by atoms with Crippen LogP contribution < -0.4 is 16.4 Å². The molecule has 1 aliphatic carbocycles. The molecule has 150 valence electrons. The molecule has 1 aliphatic rings. The van der Waals surface area contributed by atoms with Gasteiger partial charge in [-0.2, -0.15) is 11.8 Å². The predicted molar refractivity (Wildman–Crippen MR) is 97.0 cm³/mol. The molecule has 3 atom stereocenters. The fourth-order valence-corrected chi connectivity index (χ4v) is 3.59. The summed E-state index contributed by atoms with van der Waals surface area (Å²) in [6, 6.07) is -2.23. The van der Waals surface area contributed by atoms with E-state index in [2.05, 4.69) is 17.2 Å². The van der Waals surface area contributed by atoms with Gasteiger partial charge in [-0.15, -0.1) is 0 Å². The highest BCUT2D eigenvalue weighted by atomic mass is 32.2. The average Bonchev–Trinajstić information content (AvgIpc) is 2.92. The number of nitrogens with one attached hydrogen (secondary N) is 2. The molecule has 10 nitrogen and oxygen atoms in total. The van der Waals surface area contributed by atoms with E-state index in [1.54, 1.807) is 0 Å². The van der Waals surface area contributed by atoms with Gasteiger partial charge in [-0.25, -0.2) is 0 Å². The summed E-state index contributed by atoms with van der Waals surface area (Å²) < 4.78 is 0. The molecule has 0 bridgehead atoms. The van der Waals surface area contributed by atoms with Gasteiger partial charge >= 0.3 is 11.9 Å². The van der Waals surface area contributed by atoms with Crippen molar-refractivity contribution < 1.29 is 34.2 Å². The van der Waals surface area contributed by atoms with Gasteiger partial charge in [-0.1, -0.05) is 6.58 Å². The first kappa shape index (κ1) is 22.6. The zero-order valence-corrected chi connectivity index (χ0v) is 15.4. The molecule has 1 saturated carbocycles. The first-order chi connectivity index (χ1) is 12.6. The van der Waals surface area contributed by atoms with E-state index in [1.165, 1.54) is 11.8 Å². The lowest BCUT2D eigenvalue weighted by atomic mass is 10.1. The Morgan fingerprint density at radius 3 is 2.48 bits per heavy atom. The normalized spacial score (nSPS) is 18.6. The van der Waals surface area contributed by atoms with Crippen LogP contribution in [0.1, 0.15) is 25.7 Å². The summed E-state index contributed by atoms with van der Waals surface area (Å²) in [7, 11) is 0. The second-order valence-electron chi connectivity index (χ2n) is 6.02. The van der Waals surface area contributed by atoms with Gasteiger partial charge in [-0.3, -0.25) is 24.0 Å². The quantitative estimate of drug-likeness (QED) is 0.269. The molecular formula is C16H23N3O7S. The monoisotopic (exact) mass is 401 g/mol. The summed E-state index contributed by atoms with van der Waals surface area (Å²) in [4.78, 5) is 57.0. The summed E-state index contributed by atoms with van der Waals surface area (Å²) in [5, 5.41) is 21.9. The van der Waals surface area contributed by atoms with Gasteiger partial charge in [-0.05, 0) is 12.8 Å². The third-order valence-corrected chi connectivity index (χ3v) is 5.36. The number of rotatable bonds is 11. The van der Waals surface area contributed by atoms with Crippen LogP contribution >= 0.6 is 11.8 Å². The predicted octanol–water partition coefficient (Wildman–Crippen LogP) is -1.11. The molecule has 27 heavy (non-hydrogen) atoms. The highest BCUT2D eigenvalue weighted by molar-refractivity contribution is 8.00. The van der Waals surface area contributed by atoms with E-state index in [4.69, 9.17) is 15.9 Å². The van der Waals surface area contributed by atoms with Crippen molar-refractivity contribution in [2.45, 2.75) is 43.0 Å². The minimum Gasteiger partial charge on any atom is -0.480 e. The molecule has 0 aromatic carbocycles. The standard InChI is InChI=1S/C16H23N3O7S/c1-8-11(20)3-4-12(8)27-7-10(15(24)18-6-14(22)23)19-13(21)5-2-9(17)16(25)26/h9-10,12H,1-7,17H2,(H,18,24)(H,19,21)(H,22,23)(H,25,26)/t9-,10+,12?/m1/s1. The number of hydrogen-bond donors (Lipinski definition) is 5. The molecule has 0 aliphatic heterocycles. The van der Waals surface area contributed by atoms with Crippen molar-refractivity contribution in [2.24, 2.45) is 5.73 Å². The Labute approximate surface area is 159 Å². The molecule has 11 heteroatoms. The van der Waals surface area contributed by atoms with E-state index in [0.29, 0.717) is 18.4 Å². The number of carboxylic acid groups (broad SMARTS) is 2. The number of thioether (sulfide) groups is 1. The lowest BCUT2D eigenvalue weighted by molar-refractivity contribution is -0.139. The van der Waals surface area contributed by atoms with Gasteiger partial charge in [0, 0.05) is 29.4 Å². The van der Waals surface area contributed by atoms with Crippen LogP contribution in [0.3, 0.4) is 0 Å². The molecule has 6 N–H and O–H groups in total. The zero-order valence-electron chi connectivity index (χ0n) is 14.6. The molecule has 0 aromatic heterocycles. The van der Waals surface area contributed by atoms with Gasteiger partial charge in [0.25, 0.3) is 0 Å². The van der Waals surface area contributed by atoms with Crippen LogP contribution in [-0.4, -0.2) is 69.4 Å². The van der Waals surface area contributed by atoms with E-state index < -0.39 is 42.4 Å². The molecule has 0 radical (unpaired) electrons. The van der Waals surface area contributed by atoms with Crippen LogP contribution in [-0.2, 0) is 24.0 Å². The molecule has 1 unspecified atom stereocenters. The fraction of sp³-hybridized carbons (Fsp3) is 0.562. The maximum Gasteiger partial charge on any atom is 0.322 e. The molecule has 1 rings (SSSR count). The van der Waals surface area contributed by atoms with Crippen molar-refractivity contribution in [3.05, 3.63) is 12.2 Å². The number of nitrogens with two attached hydrogens (primary N) is 1. The van der Waals surface area contributed by atoms with Crippen LogP contribution in [0.5, 0.6) is 0 Å². The molecule has 0 aromatic rings. The molecule has 0 spiro atoms. The Hall–Kier alpha value is -2.40. The van der Waals surface area contributed by atoms with Crippen molar-refractivity contribution in [3.8, 4) is 0 Å². The molecule has 1 fully saturated rings. The van der Waals surface area contributed by atoms with E-state index in [9.17, 15) is 24.0 Å². The fourth-order valence-electron chi connectivity index (χ4n) is 2.32. The third kappa shape index (κ3) is 7.79. The van der Waals surface area contributed by atoms with E-state index >= 15 is 0 Å². The summed E-state index contributed by atoms with van der Waals surface area (Å²) >= 11 is 1.28. The van der Waals surface area contributed by atoms with Crippen LogP contribution in [0, 0.1) is 0 Å². The van der Waals surface area contributed by atoms with Gasteiger partial charge in [0.15, 0.2) is 5.78 Å². The van der Waals surface area contributed by atoms with E-state index in [0.717, 1.165) is 0 Å². The number of hydrogen-bond acceptors (Lipinski definition) is 7. The number of carbonyl (C=O) groups excluding carboxylic acids is 3. The van der Waals surface area contributed by atoms with Gasteiger partial charge in [0.2, 0.25) is 11.8 Å². The zero-order chi connectivity index (χ0) is 20.6. The topological polar surface area (TPSA) is 176 Å². The van der Waals surface area contributed by atoms with Crippen molar-refractivity contribution >= 4 is 41.3 Å². The van der Waals surface area contributed by atoms with Crippen LogP contribution in [0.2, 0.25) is 0 Å². The number of Topliss-reactive ketones (excluding diaryl/α,β-unsaturated/α-hetero) is 1. The smallest absolute Gasteiger partial charge is 0.322 e. The summed E-state index contributed by atoms with van der Waals surface area (Å²) in [6.07, 6.45) is 0.667. The first-order valence-electron chi connectivity index (χ1n) is 8.22. The third-order valence-electron chi connectivity index (χ3n) is 3.91. The molecular weight excluding hydrogens is 378 g/mol. The minimum absolute atomic E-state index is 0.0360. The van der Waals surface area contributed by atoms with Crippen molar-refractivity contribution in [2.75, 3.05) is 12.3 Å². The van der Waals surface area contributed by atoms with Gasteiger partial charge in [0.1, 0.15) is 18.6 Å². The number of carbonyl (C=O) groups is 5. The SMILES string of the molecule is C=C1C(=O)CCC1SC[C@H](NC(=O)CC[C@@H](N)C(=O)O)C(=O)NCC(=O)O. The number of amides is 2. The highest BCUT2D eigenvalue weighted by Crippen LogP contribution is 2.31. The second kappa shape index (κ2) is 10.7. The Bertz CT molecular complexity index is 638. The van der Waals surface area contributed by atoms with Crippen LogP contribution in [0.25, 0.3) is 0 Å². The lowest BCUT2D eigenvalue weighted by Gasteiger charge is -2.20. The van der Waals surface area contributed by atoms with Gasteiger partial charge < -0.3 is 26.6 Å². The Kier molecular flexibility index (Phi) is 8.95. The number of carboxylic acids is 2. The molecule has 2 amide bonds. The maximum atomic E-state index is 12.2. The molecule has 0 heterocycles. The maximum absolute atomic E-state index is 12.2. The second-order valence-corrected chi connectivity index (χ2v) is 7.26.